The summed E-state index contributed by atoms with van der Waals surface area (Å²) in [5, 5.41) is 2.61. The number of rotatable bonds is 8. The molecule has 1 heterocycles. The molecule has 112 valence electrons. The molecule has 0 aromatic carbocycles. The molecule has 0 spiro atoms. The van der Waals surface area contributed by atoms with Gasteiger partial charge in [-0.05, 0) is 13.3 Å². The predicted molar refractivity (Wildman–Crippen MR) is 78.3 cm³/mol. The molecule has 7 heteroatoms. The predicted octanol–water partition coefficient (Wildman–Crippen LogP) is 0.558. The van der Waals surface area contributed by atoms with Gasteiger partial charge >= 0.3 is 0 Å². The van der Waals surface area contributed by atoms with Crippen LogP contribution in [0.15, 0.2) is 6.07 Å². The maximum Gasteiger partial charge on any atom is 0.239 e. The van der Waals surface area contributed by atoms with E-state index in [2.05, 4.69) is 15.3 Å². The van der Waals surface area contributed by atoms with Crippen molar-refractivity contribution in [3.63, 3.8) is 0 Å². The second-order valence-electron chi connectivity index (χ2n) is 4.30. The van der Waals surface area contributed by atoms with Crippen LogP contribution in [0.1, 0.15) is 26.1 Å². The van der Waals surface area contributed by atoms with E-state index in [1.807, 2.05) is 18.7 Å². The quantitative estimate of drug-likeness (QED) is 0.723. The van der Waals surface area contributed by atoms with Crippen molar-refractivity contribution < 1.29 is 9.53 Å². The molecule has 1 aromatic heterocycles. The molecule has 7 nitrogen and oxygen atoms in total. The highest BCUT2D eigenvalue weighted by atomic mass is 16.5. The number of nitrogen functional groups attached to an aromatic ring is 1. The highest BCUT2D eigenvalue weighted by Gasteiger charge is 2.13. The van der Waals surface area contributed by atoms with Crippen molar-refractivity contribution in [3.8, 4) is 0 Å². The molecule has 3 N–H and O–H groups in total. The topological polar surface area (TPSA) is 93.4 Å². The summed E-state index contributed by atoms with van der Waals surface area (Å²) in [7, 11) is 1.61. The maximum atomic E-state index is 11.6. The summed E-state index contributed by atoms with van der Waals surface area (Å²) < 4.78 is 5.29. The van der Waals surface area contributed by atoms with Gasteiger partial charge in [0.2, 0.25) is 5.91 Å². The first-order valence-corrected chi connectivity index (χ1v) is 6.77. The van der Waals surface area contributed by atoms with Crippen LogP contribution in [0.2, 0.25) is 0 Å². The first-order chi connectivity index (χ1) is 9.60. The number of hydrogen-bond acceptors (Lipinski definition) is 6. The van der Waals surface area contributed by atoms with Gasteiger partial charge in [-0.3, -0.25) is 4.79 Å². The SMILES string of the molecule is CCCN(CC(=O)NC)c1cc(N)nc(COCC)n1. The number of nitrogens with zero attached hydrogens (tertiary/aromatic N) is 3. The average Bonchev–Trinajstić information content (AvgIpc) is 2.43. The lowest BCUT2D eigenvalue weighted by molar-refractivity contribution is -0.119. The summed E-state index contributed by atoms with van der Waals surface area (Å²) in [6.45, 7) is 5.82. The van der Waals surface area contributed by atoms with Crippen molar-refractivity contribution in [1.29, 1.82) is 0 Å². The number of anilines is 2. The van der Waals surface area contributed by atoms with Crippen LogP contribution in [0.5, 0.6) is 0 Å². The van der Waals surface area contributed by atoms with E-state index in [0.29, 0.717) is 30.7 Å². The molecule has 0 saturated heterocycles. The third-order valence-electron chi connectivity index (χ3n) is 2.64. The summed E-state index contributed by atoms with van der Waals surface area (Å²) >= 11 is 0. The van der Waals surface area contributed by atoms with Gasteiger partial charge < -0.3 is 20.7 Å². The summed E-state index contributed by atoms with van der Waals surface area (Å²) in [6.07, 6.45) is 0.904. The fourth-order valence-corrected chi connectivity index (χ4v) is 1.72. The summed E-state index contributed by atoms with van der Waals surface area (Å²) in [5.41, 5.74) is 5.79. The van der Waals surface area contributed by atoms with Gasteiger partial charge in [0.1, 0.15) is 18.2 Å². The normalized spacial score (nSPS) is 10.3. The number of carbonyl (C=O) groups is 1. The first-order valence-electron chi connectivity index (χ1n) is 6.77. The molecule has 0 radical (unpaired) electrons. The second-order valence-corrected chi connectivity index (χ2v) is 4.30. The number of nitrogens with two attached hydrogens (primary N) is 1. The van der Waals surface area contributed by atoms with Gasteiger partial charge in [-0.1, -0.05) is 6.92 Å². The van der Waals surface area contributed by atoms with Gasteiger partial charge in [-0.2, -0.15) is 0 Å². The van der Waals surface area contributed by atoms with E-state index in [-0.39, 0.29) is 12.5 Å². The van der Waals surface area contributed by atoms with Crippen molar-refractivity contribution >= 4 is 17.5 Å². The monoisotopic (exact) mass is 281 g/mol. The second kappa shape index (κ2) is 8.31. The van der Waals surface area contributed by atoms with Crippen LogP contribution in [0.25, 0.3) is 0 Å². The highest BCUT2D eigenvalue weighted by molar-refractivity contribution is 5.80. The molecular weight excluding hydrogens is 258 g/mol. The van der Waals surface area contributed by atoms with Crippen LogP contribution < -0.4 is 16.0 Å². The zero-order valence-corrected chi connectivity index (χ0v) is 12.3. The number of nitrogens with one attached hydrogen (secondary N) is 1. The Hall–Kier alpha value is -1.89. The summed E-state index contributed by atoms with van der Waals surface area (Å²) in [6, 6.07) is 1.67. The summed E-state index contributed by atoms with van der Waals surface area (Å²) in [5.74, 6) is 1.49. The van der Waals surface area contributed by atoms with Crippen LogP contribution >= 0.6 is 0 Å². The third-order valence-corrected chi connectivity index (χ3v) is 2.64. The molecule has 0 fully saturated rings. The Bertz CT molecular complexity index is 439. The smallest absolute Gasteiger partial charge is 0.239 e. The molecule has 0 unspecified atom stereocenters. The van der Waals surface area contributed by atoms with Gasteiger partial charge in [-0.15, -0.1) is 0 Å². The molecule has 0 aliphatic rings. The first kappa shape index (κ1) is 16.2. The van der Waals surface area contributed by atoms with E-state index in [0.717, 1.165) is 13.0 Å². The minimum absolute atomic E-state index is 0.0676. The number of amides is 1. The Morgan fingerprint density at radius 1 is 1.45 bits per heavy atom. The van der Waals surface area contributed by atoms with Crippen molar-refractivity contribution in [2.24, 2.45) is 0 Å². The summed E-state index contributed by atoms with van der Waals surface area (Å²) in [4.78, 5) is 22.0. The van der Waals surface area contributed by atoms with E-state index in [1.54, 1.807) is 13.1 Å². The molecular formula is C13H23N5O2. The van der Waals surface area contributed by atoms with Gasteiger partial charge in [-0.25, -0.2) is 9.97 Å². The van der Waals surface area contributed by atoms with E-state index >= 15 is 0 Å². The average molecular weight is 281 g/mol. The lowest BCUT2D eigenvalue weighted by atomic mass is 10.3. The number of ether oxygens (including phenoxy) is 1. The largest absolute Gasteiger partial charge is 0.384 e. The standard InChI is InChI=1S/C13H23N5O2/c1-4-6-18(8-13(19)15-3)12-7-10(14)16-11(17-12)9-20-5-2/h7H,4-6,8-9H2,1-3H3,(H,15,19)(H2,14,16,17). The van der Waals surface area contributed by atoms with E-state index in [4.69, 9.17) is 10.5 Å². The lowest BCUT2D eigenvalue weighted by Gasteiger charge is -2.22. The molecule has 20 heavy (non-hydrogen) atoms. The Morgan fingerprint density at radius 3 is 2.80 bits per heavy atom. The molecule has 0 bridgehead atoms. The number of likely N-dealkylation sites (N-methyl/N-ethyl adjacent to an activating group) is 1. The highest BCUT2D eigenvalue weighted by Crippen LogP contribution is 2.15. The van der Waals surface area contributed by atoms with E-state index in [1.165, 1.54) is 0 Å². The van der Waals surface area contributed by atoms with Crippen LogP contribution in [-0.2, 0) is 16.1 Å². The van der Waals surface area contributed by atoms with Gasteiger partial charge in [0.05, 0.1) is 6.54 Å². The Morgan fingerprint density at radius 2 is 2.20 bits per heavy atom. The van der Waals surface area contributed by atoms with Crippen molar-refractivity contribution in [1.82, 2.24) is 15.3 Å². The van der Waals surface area contributed by atoms with Crippen molar-refractivity contribution in [3.05, 3.63) is 11.9 Å². The number of hydrogen-bond donors (Lipinski definition) is 2. The zero-order valence-electron chi connectivity index (χ0n) is 12.3. The molecule has 0 aliphatic heterocycles. The zero-order chi connectivity index (χ0) is 15.0. The molecule has 1 aromatic rings. The van der Waals surface area contributed by atoms with Crippen LogP contribution in [-0.4, -0.2) is 42.6 Å². The van der Waals surface area contributed by atoms with E-state index < -0.39 is 0 Å². The van der Waals surface area contributed by atoms with Gasteiger partial charge in [0.15, 0.2) is 5.82 Å². The fraction of sp³-hybridized carbons (Fsp3) is 0.615. The van der Waals surface area contributed by atoms with Gasteiger partial charge in [0.25, 0.3) is 0 Å². The van der Waals surface area contributed by atoms with Crippen molar-refractivity contribution in [2.75, 3.05) is 37.4 Å². The van der Waals surface area contributed by atoms with Crippen molar-refractivity contribution in [2.45, 2.75) is 26.9 Å². The molecule has 1 rings (SSSR count). The minimum Gasteiger partial charge on any atom is -0.384 e. The maximum absolute atomic E-state index is 11.6. The Labute approximate surface area is 119 Å². The van der Waals surface area contributed by atoms with Gasteiger partial charge in [0, 0.05) is 26.3 Å². The molecule has 1 amide bonds. The number of carbonyl (C=O) groups excluding carboxylic acids is 1. The lowest BCUT2D eigenvalue weighted by Crippen LogP contribution is -2.36. The van der Waals surface area contributed by atoms with Crippen LogP contribution in [0.3, 0.4) is 0 Å². The van der Waals surface area contributed by atoms with Crippen LogP contribution in [0.4, 0.5) is 11.6 Å². The molecule has 0 atom stereocenters. The number of aromatic nitrogens is 2. The molecule has 0 aliphatic carbocycles. The minimum atomic E-state index is -0.0676. The molecule has 0 saturated carbocycles. The Balaban J connectivity index is 2.93. The Kier molecular flexibility index (Phi) is 6.72. The fourth-order valence-electron chi connectivity index (χ4n) is 1.72. The third kappa shape index (κ3) is 5.00. The van der Waals surface area contributed by atoms with E-state index in [9.17, 15) is 4.79 Å². The van der Waals surface area contributed by atoms with Crippen LogP contribution in [0, 0.1) is 0 Å².